The molecule has 0 aliphatic carbocycles. The maximum atomic E-state index is 12.2. The SMILES string of the molecule is CC(=O)c1cc(NC(=O)c2cc(NP)cn2C)cn1C.CNc1cc(C(=O)NCCN=C(N)N)n(C)c1. The zero-order valence-corrected chi connectivity index (χ0v) is 22.8. The number of aryl methyl sites for hydroxylation is 3. The lowest BCUT2D eigenvalue weighted by Crippen LogP contribution is -2.29. The van der Waals surface area contributed by atoms with Gasteiger partial charge in [-0.15, -0.1) is 0 Å². The summed E-state index contributed by atoms with van der Waals surface area (Å²) in [5.41, 5.74) is 14.3. The molecule has 0 spiro atoms. The van der Waals surface area contributed by atoms with Gasteiger partial charge >= 0.3 is 0 Å². The van der Waals surface area contributed by atoms with E-state index >= 15 is 0 Å². The Kier molecular flexibility index (Phi) is 10.3. The molecule has 37 heavy (non-hydrogen) atoms. The fourth-order valence-electron chi connectivity index (χ4n) is 3.42. The van der Waals surface area contributed by atoms with Crippen LogP contribution >= 0.6 is 9.39 Å². The van der Waals surface area contributed by atoms with Crippen LogP contribution in [0.4, 0.5) is 17.1 Å². The van der Waals surface area contributed by atoms with Crippen LogP contribution in [0.2, 0.25) is 0 Å². The molecule has 0 bridgehead atoms. The Hall–Kier alpha value is -4.25. The van der Waals surface area contributed by atoms with Crippen LogP contribution in [0, 0.1) is 0 Å². The van der Waals surface area contributed by atoms with Gasteiger partial charge in [-0.3, -0.25) is 19.4 Å². The topological polar surface area (TPSA) is 179 Å². The molecule has 8 N–H and O–H groups in total. The summed E-state index contributed by atoms with van der Waals surface area (Å²) in [6.45, 7) is 2.27. The van der Waals surface area contributed by atoms with Crippen molar-refractivity contribution in [1.29, 1.82) is 0 Å². The maximum Gasteiger partial charge on any atom is 0.272 e. The standard InChI is InChI=1S/C13H17N4O2P.C10H18N6O/c1-8(18)11-4-9(6-16(11)2)14-13(19)12-5-10(15-20)7-17(12)3;1-13-7-5-8(16(2)6-7)9(17)14-3-4-15-10(11)12/h4-7,15H,20H2,1-3H3,(H,14,19);5-6,13H,3-4H2,1-2H3,(H,14,17)(H4,11,12,15). The maximum absolute atomic E-state index is 12.2. The zero-order valence-electron chi connectivity index (χ0n) is 21.6. The average Bonchev–Trinajstić information content (AvgIpc) is 3.52. The van der Waals surface area contributed by atoms with Crippen molar-refractivity contribution in [2.75, 3.05) is 35.9 Å². The van der Waals surface area contributed by atoms with Crippen molar-refractivity contribution in [3.05, 3.63) is 53.9 Å². The van der Waals surface area contributed by atoms with Crippen molar-refractivity contribution in [2.45, 2.75) is 6.92 Å². The minimum Gasteiger partial charge on any atom is -0.387 e. The molecule has 200 valence electrons. The number of carbonyl (C=O) groups is 3. The van der Waals surface area contributed by atoms with Crippen LogP contribution in [0.15, 0.2) is 41.8 Å². The number of carbonyl (C=O) groups excluding carboxylic acids is 3. The number of rotatable bonds is 9. The van der Waals surface area contributed by atoms with E-state index in [9.17, 15) is 14.4 Å². The van der Waals surface area contributed by atoms with Crippen LogP contribution in [0.3, 0.4) is 0 Å². The summed E-state index contributed by atoms with van der Waals surface area (Å²) >= 11 is 0. The molecule has 2 amide bonds. The summed E-state index contributed by atoms with van der Waals surface area (Å²) in [6, 6.07) is 5.19. The molecule has 3 aromatic heterocycles. The minimum atomic E-state index is -0.222. The predicted molar refractivity (Wildman–Crippen MR) is 150 cm³/mol. The second kappa shape index (κ2) is 13.2. The first-order valence-electron chi connectivity index (χ1n) is 11.3. The molecule has 0 saturated carbocycles. The molecule has 14 heteroatoms. The van der Waals surface area contributed by atoms with Gasteiger partial charge < -0.3 is 46.2 Å². The van der Waals surface area contributed by atoms with Gasteiger partial charge in [0.1, 0.15) is 11.4 Å². The van der Waals surface area contributed by atoms with Gasteiger partial charge in [-0.1, -0.05) is 0 Å². The molecule has 0 fully saturated rings. The van der Waals surface area contributed by atoms with Gasteiger partial charge in [-0.25, -0.2) is 0 Å². The molecule has 0 saturated heterocycles. The number of aromatic nitrogens is 3. The highest BCUT2D eigenvalue weighted by molar-refractivity contribution is 7.18. The fourth-order valence-corrected chi connectivity index (χ4v) is 3.58. The Morgan fingerprint density at radius 1 is 0.865 bits per heavy atom. The molecule has 0 radical (unpaired) electrons. The van der Waals surface area contributed by atoms with Crippen LogP contribution in [-0.4, -0.2) is 57.4 Å². The number of anilines is 3. The number of aliphatic imine (C=N–C) groups is 1. The molecule has 3 heterocycles. The van der Waals surface area contributed by atoms with Crippen LogP contribution in [0.1, 0.15) is 38.4 Å². The second-order valence-electron chi connectivity index (χ2n) is 8.14. The third kappa shape index (κ3) is 8.14. The Labute approximate surface area is 217 Å². The lowest BCUT2D eigenvalue weighted by Gasteiger charge is -2.04. The number of hydrogen-bond donors (Lipinski definition) is 6. The summed E-state index contributed by atoms with van der Waals surface area (Å²) in [5, 5.41) is 11.4. The van der Waals surface area contributed by atoms with E-state index in [0.717, 1.165) is 11.4 Å². The highest BCUT2D eigenvalue weighted by atomic mass is 31.0. The van der Waals surface area contributed by atoms with Crippen molar-refractivity contribution in [2.24, 2.45) is 37.6 Å². The van der Waals surface area contributed by atoms with Crippen molar-refractivity contribution >= 4 is 50.0 Å². The third-order valence-corrected chi connectivity index (χ3v) is 5.58. The number of guanidine groups is 1. The van der Waals surface area contributed by atoms with Gasteiger partial charge in [0, 0.05) is 60.2 Å². The number of hydrogen-bond acceptors (Lipinski definition) is 6. The quantitative estimate of drug-likeness (QED) is 0.0788. The van der Waals surface area contributed by atoms with Gasteiger partial charge in [0.05, 0.1) is 29.3 Å². The van der Waals surface area contributed by atoms with E-state index in [1.165, 1.54) is 6.92 Å². The zero-order chi connectivity index (χ0) is 27.7. The van der Waals surface area contributed by atoms with Crippen LogP contribution in [0.5, 0.6) is 0 Å². The first-order valence-corrected chi connectivity index (χ1v) is 11.8. The van der Waals surface area contributed by atoms with Gasteiger partial charge in [0.15, 0.2) is 11.7 Å². The van der Waals surface area contributed by atoms with Gasteiger partial charge in [0.25, 0.3) is 11.8 Å². The fraction of sp³-hybridized carbons (Fsp3) is 0.304. The van der Waals surface area contributed by atoms with Crippen molar-refractivity contribution in [1.82, 2.24) is 19.0 Å². The van der Waals surface area contributed by atoms with Crippen LogP contribution < -0.4 is 32.5 Å². The van der Waals surface area contributed by atoms with Gasteiger partial charge in [0.2, 0.25) is 0 Å². The Morgan fingerprint density at radius 2 is 1.38 bits per heavy atom. The smallest absolute Gasteiger partial charge is 0.272 e. The molecule has 3 rings (SSSR count). The largest absolute Gasteiger partial charge is 0.387 e. The number of nitrogens with zero attached hydrogens (tertiary/aromatic N) is 4. The van der Waals surface area contributed by atoms with E-state index in [1.54, 1.807) is 59.2 Å². The average molecular weight is 531 g/mol. The number of amides is 2. The summed E-state index contributed by atoms with van der Waals surface area (Å²) in [7, 11) is 9.56. The lowest BCUT2D eigenvalue weighted by molar-refractivity contribution is 0.0945. The van der Waals surface area contributed by atoms with E-state index < -0.39 is 0 Å². The van der Waals surface area contributed by atoms with E-state index in [1.807, 2.05) is 19.4 Å². The number of ketones is 1. The monoisotopic (exact) mass is 530 g/mol. The summed E-state index contributed by atoms with van der Waals surface area (Å²) in [4.78, 5) is 39.1. The first-order chi connectivity index (χ1) is 17.5. The number of nitrogens with one attached hydrogen (secondary N) is 4. The second-order valence-corrected chi connectivity index (χ2v) is 8.43. The van der Waals surface area contributed by atoms with Crippen LogP contribution in [0.25, 0.3) is 0 Å². The third-order valence-electron chi connectivity index (χ3n) is 5.25. The minimum absolute atomic E-state index is 0.0237. The highest BCUT2D eigenvalue weighted by Crippen LogP contribution is 2.18. The summed E-state index contributed by atoms with van der Waals surface area (Å²) in [5.74, 6) is -0.392. The van der Waals surface area contributed by atoms with Gasteiger partial charge in [-0.2, -0.15) is 0 Å². The number of nitrogens with two attached hydrogens (primary N) is 2. The normalized spacial score (nSPS) is 10.1. The molecule has 13 nitrogen and oxygen atoms in total. The summed E-state index contributed by atoms with van der Waals surface area (Å²) < 4.78 is 5.18. The van der Waals surface area contributed by atoms with Gasteiger partial charge in [-0.05, 0) is 27.6 Å². The van der Waals surface area contributed by atoms with E-state index in [2.05, 4.69) is 35.4 Å². The highest BCUT2D eigenvalue weighted by Gasteiger charge is 2.14. The molecule has 3 aromatic rings. The summed E-state index contributed by atoms with van der Waals surface area (Å²) in [6.07, 6.45) is 5.37. The van der Waals surface area contributed by atoms with E-state index in [4.69, 9.17) is 11.5 Å². The molecule has 0 aliphatic heterocycles. The van der Waals surface area contributed by atoms with Crippen LogP contribution in [-0.2, 0) is 21.1 Å². The Balaban J connectivity index is 0.000000264. The molecular formula is C23H35N10O3P. The molecular weight excluding hydrogens is 495 g/mol. The first kappa shape index (κ1) is 29.0. The lowest BCUT2D eigenvalue weighted by atomic mass is 10.3. The Morgan fingerprint density at radius 3 is 1.86 bits per heavy atom. The number of Topliss-reactive ketones (excluding diaryl/α,β-unsaturated/α-hetero) is 1. The molecule has 1 unspecified atom stereocenters. The van der Waals surface area contributed by atoms with Crippen molar-refractivity contribution in [3.63, 3.8) is 0 Å². The van der Waals surface area contributed by atoms with Crippen molar-refractivity contribution in [3.8, 4) is 0 Å². The molecule has 0 aromatic carbocycles. The van der Waals surface area contributed by atoms with E-state index in [-0.39, 0.29) is 23.6 Å². The predicted octanol–water partition coefficient (Wildman–Crippen LogP) is 1.09. The Bertz CT molecular complexity index is 1280. The van der Waals surface area contributed by atoms with E-state index in [0.29, 0.717) is 35.9 Å². The molecule has 1 atom stereocenters. The molecule has 0 aliphatic rings. The van der Waals surface area contributed by atoms with Crippen molar-refractivity contribution < 1.29 is 14.4 Å².